The highest BCUT2D eigenvalue weighted by Gasteiger charge is 2.22. The van der Waals surface area contributed by atoms with E-state index in [0.717, 1.165) is 13.0 Å². The van der Waals surface area contributed by atoms with Crippen molar-refractivity contribution in [3.8, 4) is 0 Å². The Hall–Kier alpha value is -1.35. The van der Waals surface area contributed by atoms with Crippen LogP contribution in [0.1, 0.15) is 29.2 Å². The van der Waals surface area contributed by atoms with Gasteiger partial charge >= 0.3 is 5.97 Å². The van der Waals surface area contributed by atoms with E-state index in [0.29, 0.717) is 6.42 Å². The number of hydrogen-bond donors (Lipinski definition) is 1. The van der Waals surface area contributed by atoms with Gasteiger partial charge in [-0.05, 0) is 31.0 Å². The fourth-order valence-electron chi connectivity index (χ4n) is 2.21. The predicted octanol–water partition coefficient (Wildman–Crippen LogP) is 1.74. The second-order valence-electron chi connectivity index (χ2n) is 4.24. The molecule has 3 heteroatoms. The standard InChI is InChI=1S/C13H17NO2/c1-9-3-4-11-10(7-9)5-6-14-12(11)8-13(15)16-2/h3-4,7,12,14H,5-6,8H2,1-2H3. The Bertz CT molecular complexity index is 401. The highest BCUT2D eigenvalue weighted by atomic mass is 16.5. The zero-order valence-corrected chi connectivity index (χ0v) is 9.75. The van der Waals surface area contributed by atoms with Crippen LogP contribution in [0, 0.1) is 6.92 Å². The number of fused-ring (bicyclic) bond motifs is 1. The number of carbonyl (C=O) groups is 1. The first kappa shape index (κ1) is 11.1. The van der Waals surface area contributed by atoms with Crippen molar-refractivity contribution >= 4 is 5.97 Å². The number of rotatable bonds is 2. The SMILES string of the molecule is COC(=O)CC1NCCc2cc(C)ccc21. The lowest BCUT2D eigenvalue weighted by molar-refractivity contribution is -0.141. The van der Waals surface area contributed by atoms with Crippen LogP contribution in [-0.2, 0) is 16.0 Å². The van der Waals surface area contributed by atoms with Crippen LogP contribution in [0.25, 0.3) is 0 Å². The molecule has 2 rings (SSSR count). The molecule has 1 heterocycles. The van der Waals surface area contributed by atoms with E-state index in [9.17, 15) is 4.79 Å². The fourth-order valence-corrected chi connectivity index (χ4v) is 2.21. The zero-order chi connectivity index (χ0) is 11.5. The number of esters is 1. The third kappa shape index (κ3) is 2.25. The van der Waals surface area contributed by atoms with Crippen molar-refractivity contribution in [1.29, 1.82) is 0 Å². The summed E-state index contributed by atoms with van der Waals surface area (Å²) in [7, 11) is 1.43. The van der Waals surface area contributed by atoms with E-state index in [2.05, 4.69) is 30.4 Å². The average Bonchev–Trinajstić information content (AvgIpc) is 2.28. The predicted molar refractivity (Wildman–Crippen MR) is 62.3 cm³/mol. The van der Waals surface area contributed by atoms with E-state index in [-0.39, 0.29) is 12.0 Å². The first-order valence-corrected chi connectivity index (χ1v) is 5.60. The van der Waals surface area contributed by atoms with Gasteiger partial charge in [0.15, 0.2) is 0 Å². The largest absolute Gasteiger partial charge is 0.469 e. The number of aryl methyl sites for hydroxylation is 1. The second kappa shape index (κ2) is 4.66. The molecule has 0 amide bonds. The molecule has 0 saturated carbocycles. The molecule has 0 bridgehead atoms. The van der Waals surface area contributed by atoms with E-state index in [4.69, 9.17) is 4.74 Å². The van der Waals surface area contributed by atoms with Crippen molar-refractivity contribution in [3.63, 3.8) is 0 Å². The molecule has 16 heavy (non-hydrogen) atoms. The molecular weight excluding hydrogens is 202 g/mol. The topological polar surface area (TPSA) is 38.3 Å². The van der Waals surface area contributed by atoms with Crippen LogP contribution < -0.4 is 5.32 Å². The summed E-state index contributed by atoms with van der Waals surface area (Å²) in [5.74, 6) is -0.161. The van der Waals surface area contributed by atoms with Gasteiger partial charge in [0.05, 0.1) is 13.5 Å². The van der Waals surface area contributed by atoms with Crippen LogP contribution in [0.15, 0.2) is 18.2 Å². The van der Waals surface area contributed by atoms with Gasteiger partial charge < -0.3 is 10.1 Å². The monoisotopic (exact) mass is 219 g/mol. The van der Waals surface area contributed by atoms with Gasteiger partial charge in [-0.2, -0.15) is 0 Å². The molecule has 0 aromatic heterocycles. The summed E-state index contributed by atoms with van der Waals surface area (Å²) in [5.41, 5.74) is 3.87. The summed E-state index contributed by atoms with van der Waals surface area (Å²) in [4.78, 5) is 11.3. The highest BCUT2D eigenvalue weighted by molar-refractivity contribution is 5.70. The Labute approximate surface area is 95.8 Å². The third-order valence-corrected chi connectivity index (χ3v) is 3.06. The van der Waals surface area contributed by atoms with Crippen molar-refractivity contribution in [2.45, 2.75) is 25.8 Å². The number of carbonyl (C=O) groups excluding carboxylic acids is 1. The number of methoxy groups -OCH3 is 1. The molecular formula is C13H17NO2. The van der Waals surface area contributed by atoms with E-state index >= 15 is 0 Å². The fraction of sp³-hybridized carbons (Fsp3) is 0.462. The molecule has 86 valence electrons. The Kier molecular flexibility index (Phi) is 3.25. The van der Waals surface area contributed by atoms with Crippen molar-refractivity contribution in [2.75, 3.05) is 13.7 Å². The second-order valence-corrected chi connectivity index (χ2v) is 4.24. The van der Waals surface area contributed by atoms with Crippen molar-refractivity contribution in [2.24, 2.45) is 0 Å². The van der Waals surface area contributed by atoms with Crippen molar-refractivity contribution in [1.82, 2.24) is 5.32 Å². The summed E-state index contributed by atoms with van der Waals surface area (Å²) in [6.45, 7) is 3.02. The van der Waals surface area contributed by atoms with Gasteiger partial charge in [0, 0.05) is 6.04 Å². The molecule has 0 aliphatic carbocycles. The minimum Gasteiger partial charge on any atom is -0.469 e. The highest BCUT2D eigenvalue weighted by Crippen LogP contribution is 2.26. The number of benzene rings is 1. The number of ether oxygens (including phenoxy) is 1. The van der Waals surface area contributed by atoms with Crippen molar-refractivity contribution < 1.29 is 9.53 Å². The molecule has 1 atom stereocenters. The Balaban J connectivity index is 2.23. The van der Waals surface area contributed by atoms with Crippen LogP contribution in [-0.4, -0.2) is 19.6 Å². The Morgan fingerprint density at radius 3 is 3.12 bits per heavy atom. The molecule has 1 aromatic carbocycles. The first-order chi connectivity index (χ1) is 7.70. The summed E-state index contributed by atoms with van der Waals surface area (Å²) in [6, 6.07) is 6.53. The van der Waals surface area contributed by atoms with E-state index < -0.39 is 0 Å². The molecule has 0 fully saturated rings. The smallest absolute Gasteiger partial charge is 0.307 e. The van der Waals surface area contributed by atoms with Gasteiger partial charge in [0.2, 0.25) is 0 Å². The lowest BCUT2D eigenvalue weighted by Crippen LogP contribution is -2.31. The van der Waals surface area contributed by atoms with E-state index in [1.165, 1.54) is 23.8 Å². The summed E-state index contributed by atoms with van der Waals surface area (Å²) in [5, 5.41) is 3.36. The van der Waals surface area contributed by atoms with E-state index in [1.807, 2.05) is 0 Å². The maximum absolute atomic E-state index is 11.3. The summed E-state index contributed by atoms with van der Waals surface area (Å²) < 4.78 is 4.71. The van der Waals surface area contributed by atoms with Crippen LogP contribution in [0.5, 0.6) is 0 Å². The lowest BCUT2D eigenvalue weighted by atomic mass is 9.91. The molecule has 0 radical (unpaired) electrons. The molecule has 1 aromatic rings. The lowest BCUT2D eigenvalue weighted by Gasteiger charge is -2.26. The van der Waals surface area contributed by atoms with Gasteiger partial charge in [0.25, 0.3) is 0 Å². The normalized spacial score (nSPS) is 19.0. The Morgan fingerprint density at radius 1 is 1.56 bits per heavy atom. The summed E-state index contributed by atoms with van der Waals surface area (Å²) in [6.07, 6.45) is 1.45. The molecule has 1 aliphatic rings. The van der Waals surface area contributed by atoms with Crippen LogP contribution in [0.3, 0.4) is 0 Å². The first-order valence-electron chi connectivity index (χ1n) is 5.60. The molecule has 1 aliphatic heterocycles. The number of hydrogen-bond acceptors (Lipinski definition) is 3. The Morgan fingerprint density at radius 2 is 2.38 bits per heavy atom. The van der Waals surface area contributed by atoms with Crippen LogP contribution in [0.4, 0.5) is 0 Å². The summed E-state index contributed by atoms with van der Waals surface area (Å²) >= 11 is 0. The maximum Gasteiger partial charge on any atom is 0.307 e. The molecule has 0 saturated heterocycles. The zero-order valence-electron chi connectivity index (χ0n) is 9.75. The van der Waals surface area contributed by atoms with Crippen LogP contribution >= 0.6 is 0 Å². The number of nitrogens with one attached hydrogen (secondary N) is 1. The molecule has 3 nitrogen and oxygen atoms in total. The molecule has 1 unspecified atom stereocenters. The van der Waals surface area contributed by atoms with Gasteiger partial charge in [-0.3, -0.25) is 4.79 Å². The van der Waals surface area contributed by atoms with Gasteiger partial charge in [-0.1, -0.05) is 23.8 Å². The quantitative estimate of drug-likeness (QED) is 0.770. The maximum atomic E-state index is 11.3. The average molecular weight is 219 g/mol. The van der Waals surface area contributed by atoms with Gasteiger partial charge in [0.1, 0.15) is 0 Å². The minimum atomic E-state index is -0.161. The third-order valence-electron chi connectivity index (χ3n) is 3.06. The van der Waals surface area contributed by atoms with Crippen LogP contribution in [0.2, 0.25) is 0 Å². The minimum absolute atomic E-state index is 0.108. The van der Waals surface area contributed by atoms with E-state index in [1.54, 1.807) is 0 Å². The van der Waals surface area contributed by atoms with Crippen molar-refractivity contribution in [3.05, 3.63) is 34.9 Å². The molecule has 0 spiro atoms. The molecule has 1 N–H and O–H groups in total. The van der Waals surface area contributed by atoms with Gasteiger partial charge in [-0.15, -0.1) is 0 Å². The van der Waals surface area contributed by atoms with Gasteiger partial charge in [-0.25, -0.2) is 0 Å².